The van der Waals surface area contributed by atoms with E-state index in [1.54, 1.807) is 0 Å². The van der Waals surface area contributed by atoms with Gasteiger partial charge in [-0.25, -0.2) is 0 Å². The third kappa shape index (κ3) is 4.02. The summed E-state index contributed by atoms with van der Waals surface area (Å²) in [6.45, 7) is 8.71. The van der Waals surface area contributed by atoms with Gasteiger partial charge in [-0.2, -0.15) is 0 Å². The highest BCUT2D eigenvalue weighted by molar-refractivity contribution is 5.42. The molecule has 0 heterocycles. The van der Waals surface area contributed by atoms with Gasteiger partial charge in [0.05, 0.1) is 0 Å². The first-order valence-electron chi connectivity index (χ1n) is 6.92. The van der Waals surface area contributed by atoms with E-state index in [0.29, 0.717) is 0 Å². The Bertz CT molecular complexity index is 560. The van der Waals surface area contributed by atoms with E-state index in [4.69, 9.17) is 10.5 Å². The van der Waals surface area contributed by atoms with Crippen molar-refractivity contribution in [2.75, 3.05) is 5.73 Å². The van der Waals surface area contributed by atoms with Gasteiger partial charge in [0.2, 0.25) is 0 Å². The fraction of sp³-hybridized carbons (Fsp3) is 0.333. The Labute approximate surface area is 121 Å². The molecule has 2 rings (SSSR count). The normalized spacial score (nSPS) is 25.7. The second kappa shape index (κ2) is 5.20. The average molecular weight is 269 g/mol. The molecular weight excluding hydrogens is 246 g/mol. The zero-order valence-electron chi connectivity index (χ0n) is 12.7. The Morgan fingerprint density at radius 1 is 0.850 bits per heavy atom. The highest BCUT2D eigenvalue weighted by atomic mass is 16.5. The van der Waals surface area contributed by atoms with Crippen LogP contribution in [0.4, 0.5) is 5.69 Å². The zero-order chi connectivity index (χ0) is 14.8. The van der Waals surface area contributed by atoms with E-state index in [1.165, 1.54) is 0 Å². The molecule has 0 radical (unpaired) electrons. The SMILES string of the molecule is CC1(C)/C=C\C(Oc2ccc(N)cc2)=C/C(C)(C)/C=C\1. The Kier molecular flexibility index (Phi) is 3.76. The molecule has 0 saturated heterocycles. The van der Waals surface area contributed by atoms with Crippen LogP contribution < -0.4 is 10.5 Å². The van der Waals surface area contributed by atoms with Crippen LogP contribution in [0.2, 0.25) is 0 Å². The van der Waals surface area contributed by atoms with Gasteiger partial charge in [-0.3, -0.25) is 0 Å². The zero-order valence-corrected chi connectivity index (χ0v) is 12.7. The van der Waals surface area contributed by atoms with Crippen molar-refractivity contribution in [2.45, 2.75) is 27.7 Å². The second-order valence-electron chi connectivity index (χ2n) is 6.53. The molecule has 0 unspecified atom stereocenters. The molecule has 20 heavy (non-hydrogen) atoms. The van der Waals surface area contributed by atoms with Crippen LogP contribution in [-0.2, 0) is 0 Å². The molecule has 0 bridgehead atoms. The summed E-state index contributed by atoms with van der Waals surface area (Å²) in [5.41, 5.74) is 6.42. The smallest absolute Gasteiger partial charge is 0.127 e. The number of allylic oxidation sites excluding steroid dienone is 5. The molecule has 0 amide bonds. The number of nitrogen functional groups attached to an aromatic ring is 1. The van der Waals surface area contributed by atoms with Crippen LogP contribution in [0, 0.1) is 10.8 Å². The maximum atomic E-state index is 5.96. The molecule has 0 fully saturated rings. The minimum absolute atomic E-state index is 0.0290. The largest absolute Gasteiger partial charge is 0.458 e. The van der Waals surface area contributed by atoms with Crippen molar-refractivity contribution >= 4 is 5.69 Å². The molecular formula is C18H23NO. The molecule has 0 aromatic heterocycles. The van der Waals surface area contributed by atoms with Crippen LogP contribution in [-0.4, -0.2) is 0 Å². The highest BCUT2D eigenvalue weighted by Gasteiger charge is 2.18. The van der Waals surface area contributed by atoms with Crippen molar-refractivity contribution < 1.29 is 4.74 Å². The molecule has 2 heteroatoms. The van der Waals surface area contributed by atoms with Crippen molar-refractivity contribution in [1.29, 1.82) is 0 Å². The Balaban J connectivity index is 2.29. The standard InChI is InChI=1S/C18H23NO/c1-17(2)10-9-16(13-18(3,4)12-11-17)20-15-7-5-14(19)6-8-15/h5-13H,19H2,1-4H3/b10-9-,12-11-,16-13+. The van der Waals surface area contributed by atoms with Gasteiger partial charge < -0.3 is 10.5 Å². The van der Waals surface area contributed by atoms with Crippen LogP contribution in [0.25, 0.3) is 0 Å². The van der Waals surface area contributed by atoms with Gasteiger partial charge in [-0.1, -0.05) is 45.9 Å². The van der Waals surface area contributed by atoms with Gasteiger partial charge in [0.25, 0.3) is 0 Å². The lowest BCUT2D eigenvalue weighted by atomic mass is 9.83. The van der Waals surface area contributed by atoms with Crippen LogP contribution >= 0.6 is 0 Å². The summed E-state index contributed by atoms with van der Waals surface area (Å²) in [6.07, 6.45) is 10.8. The first kappa shape index (κ1) is 14.4. The Morgan fingerprint density at radius 2 is 1.45 bits per heavy atom. The first-order valence-corrected chi connectivity index (χ1v) is 6.92. The van der Waals surface area contributed by atoms with E-state index >= 15 is 0 Å². The van der Waals surface area contributed by atoms with Crippen molar-refractivity contribution in [2.24, 2.45) is 10.8 Å². The van der Waals surface area contributed by atoms with Crippen LogP contribution in [0.3, 0.4) is 0 Å². The van der Waals surface area contributed by atoms with Gasteiger partial charge in [0.1, 0.15) is 11.5 Å². The molecule has 1 aliphatic rings. The van der Waals surface area contributed by atoms with Crippen molar-refractivity contribution in [3.05, 3.63) is 60.4 Å². The lowest BCUT2D eigenvalue weighted by Gasteiger charge is -2.24. The van der Waals surface area contributed by atoms with Gasteiger partial charge in [0.15, 0.2) is 0 Å². The molecule has 106 valence electrons. The number of nitrogens with two attached hydrogens (primary N) is 1. The third-order valence-electron chi connectivity index (χ3n) is 3.25. The summed E-state index contributed by atoms with van der Waals surface area (Å²) >= 11 is 0. The van der Waals surface area contributed by atoms with Crippen LogP contribution in [0.15, 0.2) is 60.4 Å². The number of hydrogen-bond donors (Lipinski definition) is 1. The molecule has 0 aliphatic heterocycles. The first-order chi connectivity index (χ1) is 9.26. The average Bonchev–Trinajstić information content (AvgIpc) is 2.36. The predicted octanol–water partition coefficient (Wildman–Crippen LogP) is 4.71. The molecule has 2 nitrogen and oxygen atoms in total. The van der Waals surface area contributed by atoms with Gasteiger partial charge in [0, 0.05) is 16.5 Å². The van der Waals surface area contributed by atoms with Crippen molar-refractivity contribution in [3.8, 4) is 5.75 Å². The van der Waals surface area contributed by atoms with Crippen molar-refractivity contribution in [3.63, 3.8) is 0 Å². The molecule has 0 spiro atoms. The molecule has 1 aromatic rings. The fourth-order valence-corrected chi connectivity index (χ4v) is 1.98. The number of rotatable bonds is 2. The van der Waals surface area contributed by atoms with Gasteiger partial charge in [-0.05, 0) is 36.4 Å². The van der Waals surface area contributed by atoms with Crippen LogP contribution in [0.1, 0.15) is 27.7 Å². The number of anilines is 1. The topological polar surface area (TPSA) is 35.2 Å². The van der Waals surface area contributed by atoms with E-state index in [2.05, 4.69) is 52.0 Å². The molecule has 2 N–H and O–H groups in total. The van der Waals surface area contributed by atoms with Crippen LogP contribution in [0.5, 0.6) is 5.75 Å². The Morgan fingerprint density at radius 3 is 2.10 bits per heavy atom. The molecule has 1 aliphatic carbocycles. The lowest BCUT2D eigenvalue weighted by molar-refractivity contribution is 0.425. The Hall–Kier alpha value is -1.96. The monoisotopic (exact) mass is 269 g/mol. The number of hydrogen-bond acceptors (Lipinski definition) is 2. The summed E-state index contributed by atoms with van der Waals surface area (Å²) in [5, 5.41) is 0. The summed E-state index contributed by atoms with van der Waals surface area (Å²) < 4.78 is 5.96. The van der Waals surface area contributed by atoms with E-state index in [0.717, 1.165) is 17.2 Å². The molecule has 0 saturated carbocycles. The summed E-state index contributed by atoms with van der Waals surface area (Å²) in [6, 6.07) is 7.46. The summed E-state index contributed by atoms with van der Waals surface area (Å²) in [5.74, 6) is 1.66. The molecule has 0 atom stereocenters. The van der Waals surface area contributed by atoms with E-state index in [-0.39, 0.29) is 10.8 Å². The summed E-state index contributed by atoms with van der Waals surface area (Å²) in [4.78, 5) is 0. The highest BCUT2D eigenvalue weighted by Crippen LogP contribution is 2.31. The minimum atomic E-state index is -0.0365. The fourth-order valence-electron chi connectivity index (χ4n) is 1.98. The molecule has 1 aromatic carbocycles. The minimum Gasteiger partial charge on any atom is -0.458 e. The number of benzene rings is 1. The predicted molar refractivity (Wildman–Crippen MR) is 85.4 cm³/mol. The maximum Gasteiger partial charge on any atom is 0.127 e. The third-order valence-corrected chi connectivity index (χ3v) is 3.25. The maximum absolute atomic E-state index is 5.96. The quantitative estimate of drug-likeness (QED) is 0.623. The second-order valence-corrected chi connectivity index (χ2v) is 6.53. The summed E-state index contributed by atoms with van der Waals surface area (Å²) in [7, 11) is 0. The number of ether oxygens (including phenoxy) is 1. The van der Waals surface area contributed by atoms with E-state index in [9.17, 15) is 0 Å². The van der Waals surface area contributed by atoms with Crippen molar-refractivity contribution in [1.82, 2.24) is 0 Å². The lowest BCUT2D eigenvalue weighted by Crippen LogP contribution is -2.12. The van der Waals surface area contributed by atoms with E-state index in [1.807, 2.05) is 30.3 Å². The van der Waals surface area contributed by atoms with E-state index < -0.39 is 0 Å². The van der Waals surface area contributed by atoms with Gasteiger partial charge >= 0.3 is 0 Å². The van der Waals surface area contributed by atoms with Gasteiger partial charge in [-0.15, -0.1) is 0 Å².